The Labute approximate surface area is 146 Å². The van der Waals surface area contributed by atoms with Gasteiger partial charge >= 0.3 is 0 Å². The minimum Gasteiger partial charge on any atom is -0.490 e. The zero-order chi connectivity index (χ0) is 17.0. The first-order valence-corrected chi connectivity index (χ1v) is 8.63. The van der Waals surface area contributed by atoms with E-state index in [1.807, 2.05) is 0 Å². The summed E-state index contributed by atoms with van der Waals surface area (Å²) in [7, 11) is 0. The molecular formula is C17H23ClFNO4. The van der Waals surface area contributed by atoms with Crippen LogP contribution in [0.3, 0.4) is 0 Å². The number of ether oxygens (including phenoxy) is 3. The number of hydrogen-bond acceptors (Lipinski definition) is 5. The summed E-state index contributed by atoms with van der Waals surface area (Å²) < 4.78 is 29.8. The monoisotopic (exact) mass is 359 g/mol. The van der Waals surface area contributed by atoms with Crippen molar-refractivity contribution in [2.24, 2.45) is 0 Å². The molecule has 2 aliphatic heterocycles. The van der Waals surface area contributed by atoms with Crippen molar-refractivity contribution in [3.8, 4) is 5.75 Å². The van der Waals surface area contributed by atoms with Gasteiger partial charge in [-0.25, -0.2) is 4.39 Å². The van der Waals surface area contributed by atoms with Gasteiger partial charge in [-0.15, -0.1) is 0 Å². The topological polar surface area (TPSA) is 51.2 Å². The molecule has 3 rings (SSSR count). The fourth-order valence-corrected chi connectivity index (χ4v) is 3.35. The second kappa shape index (κ2) is 7.97. The first-order chi connectivity index (χ1) is 11.6. The van der Waals surface area contributed by atoms with Crippen molar-refractivity contribution < 1.29 is 23.7 Å². The Hall–Kier alpha value is -0.920. The Balaban J connectivity index is 1.62. The van der Waals surface area contributed by atoms with Crippen LogP contribution in [0.1, 0.15) is 12.8 Å². The van der Waals surface area contributed by atoms with Crippen LogP contribution in [0.15, 0.2) is 18.2 Å². The minimum absolute atomic E-state index is 0.000406. The number of β-amino-alcohol motifs (C(OH)–C–C–N with tert-alkyl or cyclic N) is 1. The molecule has 2 aliphatic rings. The van der Waals surface area contributed by atoms with Crippen LogP contribution >= 0.6 is 11.6 Å². The SMILES string of the molecule is OC1(COc2ccc(F)c(Cl)c2)COCCN(C2CCOCC2)C1. The lowest BCUT2D eigenvalue weighted by Crippen LogP contribution is -2.52. The van der Waals surface area contributed by atoms with Gasteiger partial charge in [0.05, 0.1) is 18.2 Å². The third kappa shape index (κ3) is 4.58. The Morgan fingerprint density at radius 1 is 1.29 bits per heavy atom. The molecule has 7 heteroatoms. The minimum atomic E-state index is -1.12. The van der Waals surface area contributed by atoms with E-state index >= 15 is 0 Å². The van der Waals surface area contributed by atoms with Gasteiger partial charge in [-0.1, -0.05) is 11.6 Å². The average Bonchev–Trinajstić information content (AvgIpc) is 2.79. The predicted molar refractivity (Wildman–Crippen MR) is 88.1 cm³/mol. The van der Waals surface area contributed by atoms with Gasteiger partial charge in [-0.2, -0.15) is 0 Å². The molecule has 1 N–H and O–H groups in total. The number of aliphatic hydroxyl groups is 1. The molecule has 1 atom stereocenters. The van der Waals surface area contributed by atoms with Crippen molar-refractivity contribution in [1.29, 1.82) is 0 Å². The largest absolute Gasteiger partial charge is 0.490 e. The van der Waals surface area contributed by atoms with Gasteiger partial charge in [0.25, 0.3) is 0 Å². The van der Waals surface area contributed by atoms with E-state index < -0.39 is 11.4 Å². The fraction of sp³-hybridized carbons (Fsp3) is 0.647. The Morgan fingerprint density at radius 3 is 2.83 bits per heavy atom. The van der Waals surface area contributed by atoms with E-state index in [0.717, 1.165) is 32.6 Å². The molecule has 2 saturated heterocycles. The molecule has 1 aromatic carbocycles. The molecule has 5 nitrogen and oxygen atoms in total. The molecule has 0 aromatic heterocycles. The summed E-state index contributed by atoms with van der Waals surface area (Å²) in [5.74, 6) is -0.0668. The summed E-state index contributed by atoms with van der Waals surface area (Å²) in [6.07, 6.45) is 1.93. The fourth-order valence-electron chi connectivity index (χ4n) is 3.18. The van der Waals surface area contributed by atoms with Gasteiger partial charge in [0, 0.05) is 38.4 Å². The molecular weight excluding hydrogens is 337 g/mol. The Bertz CT molecular complexity index is 555. The van der Waals surface area contributed by atoms with E-state index in [4.69, 9.17) is 25.8 Å². The van der Waals surface area contributed by atoms with Gasteiger partial charge in [0.2, 0.25) is 0 Å². The number of halogens is 2. The maximum absolute atomic E-state index is 13.2. The van der Waals surface area contributed by atoms with Crippen LogP contribution in [0, 0.1) is 5.82 Å². The lowest BCUT2D eigenvalue weighted by atomic mass is 10.0. The molecule has 0 bridgehead atoms. The highest BCUT2D eigenvalue weighted by molar-refractivity contribution is 6.30. The van der Waals surface area contributed by atoms with E-state index in [9.17, 15) is 9.50 Å². The second-order valence-electron chi connectivity index (χ2n) is 6.46. The van der Waals surface area contributed by atoms with Crippen molar-refractivity contribution >= 4 is 11.6 Å². The van der Waals surface area contributed by atoms with Crippen molar-refractivity contribution in [1.82, 2.24) is 4.90 Å². The first-order valence-electron chi connectivity index (χ1n) is 8.25. The van der Waals surface area contributed by atoms with Crippen molar-refractivity contribution in [2.45, 2.75) is 24.5 Å². The number of benzene rings is 1. The number of hydrogen-bond donors (Lipinski definition) is 1. The highest BCUT2D eigenvalue weighted by Gasteiger charge is 2.36. The van der Waals surface area contributed by atoms with E-state index in [0.29, 0.717) is 24.9 Å². The summed E-state index contributed by atoms with van der Waals surface area (Å²) >= 11 is 5.76. The summed E-state index contributed by atoms with van der Waals surface area (Å²) in [5.41, 5.74) is -1.12. The molecule has 134 valence electrons. The highest BCUT2D eigenvalue weighted by Crippen LogP contribution is 2.24. The molecule has 1 unspecified atom stereocenters. The normalized spacial score (nSPS) is 27.0. The number of rotatable bonds is 4. The smallest absolute Gasteiger partial charge is 0.142 e. The molecule has 24 heavy (non-hydrogen) atoms. The molecule has 0 saturated carbocycles. The van der Waals surface area contributed by atoms with Gasteiger partial charge < -0.3 is 19.3 Å². The molecule has 0 radical (unpaired) electrons. The molecule has 1 aromatic rings. The quantitative estimate of drug-likeness (QED) is 0.892. The summed E-state index contributed by atoms with van der Waals surface area (Å²) in [5, 5.41) is 10.9. The molecule has 2 heterocycles. The van der Waals surface area contributed by atoms with Crippen LogP contribution in [-0.4, -0.2) is 67.8 Å². The first kappa shape index (κ1) is 17.9. The lowest BCUT2D eigenvalue weighted by molar-refractivity contribution is -0.0714. The zero-order valence-corrected chi connectivity index (χ0v) is 14.3. The van der Waals surface area contributed by atoms with E-state index in [1.165, 1.54) is 18.2 Å². The van der Waals surface area contributed by atoms with Crippen LogP contribution in [0.2, 0.25) is 5.02 Å². The summed E-state index contributed by atoms with van der Waals surface area (Å²) in [6.45, 7) is 3.64. The summed E-state index contributed by atoms with van der Waals surface area (Å²) in [6, 6.07) is 4.55. The van der Waals surface area contributed by atoms with Crippen LogP contribution < -0.4 is 4.74 Å². The van der Waals surface area contributed by atoms with Crippen LogP contribution in [0.25, 0.3) is 0 Å². The van der Waals surface area contributed by atoms with Crippen LogP contribution in [0.5, 0.6) is 5.75 Å². The van der Waals surface area contributed by atoms with Gasteiger partial charge in [-0.05, 0) is 25.0 Å². The lowest BCUT2D eigenvalue weighted by Gasteiger charge is -2.37. The van der Waals surface area contributed by atoms with Crippen molar-refractivity contribution in [3.05, 3.63) is 29.0 Å². The third-order valence-electron chi connectivity index (χ3n) is 4.50. The Kier molecular flexibility index (Phi) is 5.94. The van der Waals surface area contributed by atoms with Crippen LogP contribution in [0.4, 0.5) is 4.39 Å². The van der Waals surface area contributed by atoms with Crippen LogP contribution in [-0.2, 0) is 9.47 Å². The molecule has 2 fully saturated rings. The third-order valence-corrected chi connectivity index (χ3v) is 4.79. The molecule has 0 amide bonds. The van der Waals surface area contributed by atoms with Crippen molar-refractivity contribution in [3.63, 3.8) is 0 Å². The van der Waals surface area contributed by atoms with Gasteiger partial charge in [-0.3, -0.25) is 4.90 Å². The van der Waals surface area contributed by atoms with Gasteiger partial charge in [0.1, 0.15) is 23.8 Å². The Morgan fingerprint density at radius 2 is 2.08 bits per heavy atom. The van der Waals surface area contributed by atoms with E-state index in [2.05, 4.69) is 4.90 Å². The second-order valence-corrected chi connectivity index (χ2v) is 6.86. The molecule has 0 aliphatic carbocycles. The molecule has 0 spiro atoms. The predicted octanol–water partition coefficient (Wildman–Crippen LogP) is 2.10. The highest BCUT2D eigenvalue weighted by atomic mass is 35.5. The standard InChI is InChI=1S/C17H23ClFNO4/c18-15-9-14(1-2-16(15)19)24-12-17(21)10-20(5-8-23-11-17)13-3-6-22-7-4-13/h1-2,9,13,21H,3-8,10-12H2. The van der Waals surface area contributed by atoms with Gasteiger partial charge in [0.15, 0.2) is 0 Å². The number of nitrogens with zero attached hydrogens (tertiary/aromatic N) is 1. The maximum Gasteiger partial charge on any atom is 0.142 e. The van der Waals surface area contributed by atoms with E-state index in [-0.39, 0.29) is 18.2 Å². The zero-order valence-electron chi connectivity index (χ0n) is 13.5. The van der Waals surface area contributed by atoms with E-state index in [1.54, 1.807) is 0 Å². The maximum atomic E-state index is 13.2. The average molecular weight is 360 g/mol. The summed E-state index contributed by atoms with van der Waals surface area (Å²) in [4.78, 5) is 2.26. The van der Waals surface area contributed by atoms with Crippen molar-refractivity contribution in [2.75, 3.05) is 46.1 Å².